The molecule has 0 bridgehead atoms. The SMILES string of the molecule is COc1cc(OC)c2c(c1Cl)O[C@]1(C2=O)C2=C(/C(=N/O)C[C@H]1C)C(C)(C)C2(C)C. The van der Waals surface area contributed by atoms with Gasteiger partial charge in [0.05, 0.1) is 19.9 Å². The highest BCUT2D eigenvalue weighted by molar-refractivity contribution is 6.35. The highest BCUT2D eigenvalue weighted by Gasteiger charge is 2.70. The smallest absolute Gasteiger partial charge is 0.218 e. The number of carbonyl (C=O) groups is 1. The molecule has 0 radical (unpaired) electrons. The molecule has 2 aliphatic carbocycles. The van der Waals surface area contributed by atoms with Gasteiger partial charge in [-0.05, 0) is 16.6 Å². The summed E-state index contributed by atoms with van der Waals surface area (Å²) >= 11 is 6.55. The van der Waals surface area contributed by atoms with E-state index in [-0.39, 0.29) is 33.3 Å². The third kappa shape index (κ3) is 2.08. The van der Waals surface area contributed by atoms with Gasteiger partial charge < -0.3 is 19.4 Å². The Balaban J connectivity index is 2.03. The average Bonchev–Trinajstić information content (AvgIpc) is 2.98. The van der Waals surface area contributed by atoms with E-state index in [1.165, 1.54) is 14.2 Å². The first-order chi connectivity index (χ1) is 13.5. The van der Waals surface area contributed by atoms with Gasteiger partial charge in [-0.15, -0.1) is 0 Å². The zero-order valence-corrected chi connectivity index (χ0v) is 18.5. The number of ketones is 1. The van der Waals surface area contributed by atoms with Crippen LogP contribution in [-0.4, -0.2) is 36.5 Å². The first kappa shape index (κ1) is 20.1. The van der Waals surface area contributed by atoms with E-state index in [0.29, 0.717) is 29.2 Å². The van der Waals surface area contributed by atoms with Crippen molar-refractivity contribution in [3.63, 3.8) is 0 Å². The Kier molecular flexibility index (Phi) is 4.09. The number of carbonyl (C=O) groups excluding carboxylic acids is 1. The summed E-state index contributed by atoms with van der Waals surface area (Å²) in [5, 5.41) is 13.5. The summed E-state index contributed by atoms with van der Waals surface area (Å²) in [6.45, 7) is 10.3. The Morgan fingerprint density at radius 3 is 2.34 bits per heavy atom. The summed E-state index contributed by atoms with van der Waals surface area (Å²) in [5.74, 6) is 0.617. The number of benzene rings is 1. The minimum Gasteiger partial charge on any atom is -0.496 e. The normalized spacial score (nSPS) is 30.0. The first-order valence-corrected chi connectivity index (χ1v) is 10.0. The second-order valence-corrected chi connectivity index (χ2v) is 9.50. The molecule has 4 rings (SSSR count). The Morgan fingerprint density at radius 1 is 1.17 bits per heavy atom. The average molecular weight is 420 g/mol. The summed E-state index contributed by atoms with van der Waals surface area (Å²) in [6, 6.07) is 1.61. The van der Waals surface area contributed by atoms with Crippen molar-refractivity contribution in [1.29, 1.82) is 0 Å². The number of halogens is 1. The molecule has 2 atom stereocenters. The molecule has 6 nitrogen and oxygen atoms in total. The van der Waals surface area contributed by atoms with E-state index in [1.54, 1.807) is 6.07 Å². The van der Waals surface area contributed by atoms with Crippen LogP contribution in [0, 0.1) is 16.7 Å². The number of allylic oxidation sites excluding steroid dienone is 1. The molecule has 0 saturated heterocycles. The van der Waals surface area contributed by atoms with Crippen molar-refractivity contribution in [2.24, 2.45) is 21.9 Å². The molecule has 0 saturated carbocycles. The van der Waals surface area contributed by atoms with Gasteiger partial charge in [-0.3, -0.25) is 4.79 Å². The third-order valence-corrected chi connectivity index (χ3v) is 7.81. The van der Waals surface area contributed by atoms with Crippen molar-refractivity contribution in [3.05, 3.63) is 27.8 Å². The number of nitrogens with zero attached hydrogens (tertiary/aromatic N) is 1. The molecule has 3 aliphatic rings. The molecule has 1 spiro atoms. The molecule has 0 fully saturated rings. The first-order valence-electron chi connectivity index (χ1n) is 9.65. The molecule has 0 unspecified atom stereocenters. The summed E-state index contributed by atoms with van der Waals surface area (Å²) in [4.78, 5) is 14.0. The monoisotopic (exact) mass is 419 g/mol. The minimum absolute atomic E-state index is 0.172. The standard InChI is InChI=1S/C22H26ClNO5/c1-10-8-11(24-26)15-18(21(4,5)20(15,2)3)22(10)19(25)14-12(27-6)9-13(28-7)16(23)17(14)29-22/h9-10,26H,8H2,1-7H3/b24-11+/t10-,22+/m1/s1. The van der Waals surface area contributed by atoms with Crippen LogP contribution in [0.15, 0.2) is 22.4 Å². The highest BCUT2D eigenvalue weighted by Crippen LogP contribution is 2.69. The van der Waals surface area contributed by atoms with Gasteiger partial charge in [-0.25, -0.2) is 0 Å². The predicted molar refractivity (Wildman–Crippen MR) is 110 cm³/mol. The van der Waals surface area contributed by atoms with E-state index in [4.69, 9.17) is 25.8 Å². The maximum Gasteiger partial charge on any atom is 0.218 e. The van der Waals surface area contributed by atoms with E-state index in [1.807, 2.05) is 6.92 Å². The van der Waals surface area contributed by atoms with Crippen LogP contribution in [0.25, 0.3) is 0 Å². The molecule has 1 aromatic rings. The van der Waals surface area contributed by atoms with Gasteiger partial charge in [0.25, 0.3) is 0 Å². The van der Waals surface area contributed by atoms with Crippen LogP contribution in [0.3, 0.4) is 0 Å². The summed E-state index contributed by atoms with van der Waals surface area (Å²) in [7, 11) is 3.01. The van der Waals surface area contributed by atoms with E-state index in [2.05, 4.69) is 32.9 Å². The predicted octanol–water partition coefficient (Wildman–Crippen LogP) is 4.90. The molecule has 1 N–H and O–H groups in total. The molecule has 156 valence electrons. The van der Waals surface area contributed by atoms with E-state index >= 15 is 0 Å². The van der Waals surface area contributed by atoms with E-state index in [9.17, 15) is 10.0 Å². The molecule has 1 heterocycles. The van der Waals surface area contributed by atoms with Crippen molar-refractivity contribution < 1.29 is 24.2 Å². The molecular weight excluding hydrogens is 394 g/mol. The van der Waals surface area contributed by atoms with Gasteiger partial charge in [-0.2, -0.15) is 0 Å². The lowest BCUT2D eigenvalue weighted by Gasteiger charge is -2.62. The molecule has 29 heavy (non-hydrogen) atoms. The number of methoxy groups -OCH3 is 2. The molecule has 1 aromatic carbocycles. The molecular formula is C22H26ClNO5. The number of hydrogen-bond donors (Lipinski definition) is 1. The number of ether oxygens (including phenoxy) is 3. The van der Waals surface area contributed by atoms with Crippen LogP contribution in [0.1, 0.15) is 51.4 Å². The maximum absolute atomic E-state index is 14.0. The van der Waals surface area contributed by atoms with Crippen molar-refractivity contribution in [2.45, 2.75) is 46.6 Å². The zero-order valence-electron chi connectivity index (χ0n) is 17.8. The van der Waals surface area contributed by atoms with Crippen molar-refractivity contribution in [1.82, 2.24) is 0 Å². The topological polar surface area (TPSA) is 77.4 Å². The molecule has 7 heteroatoms. The molecule has 0 aromatic heterocycles. The molecule has 1 aliphatic heterocycles. The van der Waals surface area contributed by atoms with Gasteiger partial charge >= 0.3 is 0 Å². The van der Waals surface area contributed by atoms with E-state index in [0.717, 1.165) is 11.1 Å². The van der Waals surface area contributed by atoms with Crippen molar-refractivity contribution in [3.8, 4) is 17.2 Å². The van der Waals surface area contributed by atoms with Crippen LogP contribution in [0.5, 0.6) is 17.2 Å². The van der Waals surface area contributed by atoms with Gasteiger partial charge in [0, 0.05) is 23.8 Å². The Labute approximate surface area is 175 Å². The number of Topliss-reactive ketones (excluding diaryl/α,β-unsaturated/α-hetero) is 1. The van der Waals surface area contributed by atoms with Crippen LogP contribution < -0.4 is 14.2 Å². The lowest BCUT2D eigenvalue weighted by molar-refractivity contribution is 0.00625. The summed E-state index contributed by atoms with van der Waals surface area (Å²) in [6.07, 6.45) is 0.422. The largest absolute Gasteiger partial charge is 0.496 e. The Hall–Kier alpha value is -2.21. The van der Waals surface area contributed by atoms with Crippen LogP contribution in [0.2, 0.25) is 5.02 Å². The fourth-order valence-electron chi connectivity index (χ4n) is 5.31. The lowest BCUT2D eigenvalue weighted by Crippen LogP contribution is -2.65. The Morgan fingerprint density at radius 2 is 1.79 bits per heavy atom. The second kappa shape index (κ2) is 5.91. The van der Waals surface area contributed by atoms with Gasteiger partial charge in [-0.1, -0.05) is 51.4 Å². The fourth-order valence-corrected chi connectivity index (χ4v) is 5.57. The van der Waals surface area contributed by atoms with Crippen molar-refractivity contribution >= 4 is 23.1 Å². The third-order valence-electron chi connectivity index (χ3n) is 7.46. The highest BCUT2D eigenvalue weighted by atomic mass is 35.5. The molecule has 0 amide bonds. The number of oxime groups is 1. The minimum atomic E-state index is -1.21. The van der Waals surface area contributed by atoms with Gasteiger partial charge in [0.15, 0.2) is 11.4 Å². The van der Waals surface area contributed by atoms with E-state index < -0.39 is 5.60 Å². The van der Waals surface area contributed by atoms with Gasteiger partial charge in [0.1, 0.15) is 22.1 Å². The van der Waals surface area contributed by atoms with Crippen molar-refractivity contribution in [2.75, 3.05) is 14.2 Å². The summed E-state index contributed by atoms with van der Waals surface area (Å²) in [5.41, 5.74) is 0.863. The Bertz CT molecular complexity index is 1010. The summed E-state index contributed by atoms with van der Waals surface area (Å²) < 4.78 is 17.3. The number of rotatable bonds is 2. The quantitative estimate of drug-likeness (QED) is 0.544. The van der Waals surface area contributed by atoms with Crippen LogP contribution >= 0.6 is 11.6 Å². The fraction of sp³-hybridized carbons (Fsp3) is 0.545. The number of fused-ring (bicyclic) bond motifs is 2. The maximum atomic E-state index is 14.0. The second-order valence-electron chi connectivity index (χ2n) is 9.12. The lowest BCUT2D eigenvalue weighted by atomic mass is 9.41. The number of hydrogen-bond acceptors (Lipinski definition) is 6. The zero-order chi connectivity index (χ0) is 21.5. The van der Waals surface area contributed by atoms with Gasteiger partial charge in [0.2, 0.25) is 5.78 Å². The van der Waals surface area contributed by atoms with Crippen LogP contribution in [0.4, 0.5) is 0 Å². The van der Waals surface area contributed by atoms with Crippen LogP contribution in [-0.2, 0) is 0 Å².